The predicted molar refractivity (Wildman–Crippen MR) is 81.9 cm³/mol. The van der Waals surface area contributed by atoms with Crippen LogP contribution in [0.15, 0.2) is 43.0 Å². The fourth-order valence-electron chi connectivity index (χ4n) is 2.73. The number of esters is 1. The third-order valence-corrected chi connectivity index (χ3v) is 4.05. The number of methoxy groups -OCH3 is 1. The van der Waals surface area contributed by atoms with Crippen LogP contribution >= 0.6 is 0 Å². The van der Waals surface area contributed by atoms with E-state index in [1.165, 1.54) is 7.11 Å². The van der Waals surface area contributed by atoms with Gasteiger partial charge >= 0.3 is 11.9 Å². The highest BCUT2D eigenvalue weighted by atomic mass is 16.7. The Morgan fingerprint density at radius 2 is 1.91 bits per heavy atom. The van der Waals surface area contributed by atoms with Gasteiger partial charge in [-0.1, -0.05) is 24.3 Å². The summed E-state index contributed by atoms with van der Waals surface area (Å²) in [7, 11) is 1.40. The highest BCUT2D eigenvalue weighted by molar-refractivity contribution is 5.89. The molecule has 0 atom stereocenters. The van der Waals surface area contributed by atoms with Crippen molar-refractivity contribution in [2.45, 2.75) is 19.3 Å². The van der Waals surface area contributed by atoms with Crippen LogP contribution in [0.25, 0.3) is 0 Å². The zero-order chi connectivity index (χ0) is 16.0. The Bertz CT molecular complexity index is 533. The number of rotatable bonds is 5. The van der Waals surface area contributed by atoms with E-state index in [9.17, 15) is 9.59 Å². The molecule has 1 aromatic carbocycles. The average molecular weight is 303 g/mol. The lowest BCUT2D eigenvalue weighted by molar-refractivity contribution is -0.168. The first kappa shape index (κ1) is 16.2. The highest BCUT2D eigenvalue weighted by Crippen LogP contribution is 2.36. The number of hydroxylamine groups is 2. The zero-order valence-corrected chi connectivity index (χ0v) is 12.8. The molecule has 0 saturated carbocycles. The summed E-state index contributed by atoms with van der Waals surface area (Å²) >= 11 is 0. The number of nitrogens with zero attached hydrogens (tertiary/aromatic N) is 1. The van der Waals surface area contributed by atoms with Gasteiger partial charge in [-0.25, -0.2) is 4.79 Å². The van der Waals surface area contributed by atoms with Gasteiger partial charge in [-0.3, -0.25) is 4.79 Å². The third kappa shape index (κ3) is 3.54. The summed E-state index contributed by atoms with van der Waals surface area (Å²) in [5, 5.41) is 1.61. The number of benzene rings is 1. The molecule has 0 spiro atoms. The van der Waals surface area contributed by atoms with Gasteiger partial charge in [-0.2, -0.15) is 0 Å². The van der Waals surface area contributed by atoms with Crippen molar-refractivity contribution in [2.75, 3.05) is 20.2 Å². The average Bonchev–Trinajstić information content (AvgIpc) is 2.57. The van der Waals surface area contributed by atoms with E-state index in [1.54, 1.807) is 35.4 Å². The molecule has 0 unspecified atom stereocenters. The van der Waals surface area contributed by atoms with Crippen molar-refractivity contribution < 1.29 is 19.2 Å². The van der Waals surface area contributed by atoms with E-state index in [-0.39, 0.29) is 11.9 Å². The van der Waals surface area contributed by atoms with Crippen molar-refractivity contribution in [1.82, 2.24) is 5.06 Å². The smallest absolute Gasteiger partial charge is 0.357 e. The van der Waals surface area contributed by atoms with Crippen LogP contribution in [0.4, 0.5) is 0 Å². The molecule has 0 bridgehead atoms. The Labute approximate surface area is 130 Å². The van der Waals surface area contributed by atoms with E-state index in [2.05, 4.69) is 6.58 Å². The zero-order valence-electron chi connectivity index (χ0n) is 12.8. The van der Waals surface area contributed by atoms with E-state index >= 15 is 0 Å². The Morgan fingerprint density at radius 3 is 2.45 bits per heavy atom. The molecule has 1 fully saturated rings. The van der Waals surface area contributed by atoms with Crippen LogP contribution in [0.2, 0.25) is 0 Å². The fraction of sp³-hybridized carbons (Fsp3) is 0.412. The van der Waals surface area contributed by atoms with E-state index in [0.717, 1.165) is 0 Å². The molecule has 118 valence electrons. The van der Waals surface area contributed by atoms with E-state index in [1.807, 2.05) is 6.07 Å². The van der Waals surface area contributed by atoms with Crippen LogP contribution < -0.4 is 0 Å². The minimum absolute atomic E-state index is 0.221. The van der Waals surface area contributed by atoms with Crippen LogP contribution in [-0.2, 0) is 14.4 Å². The van der Waals surface area contributed by atoms with Crippen LogP contribution in [0.1, 0.15) is 29.6 Å². The molecule has 0 aliphatic carbocycles. The molecule has 0 N–H and O–H groups in total. The summed E-state index contributed by atoms with van der Waals surface area (Å²) in [6.45, 7) is 4.72. The maximum absolute atomic E-state index is 12.0. The second-order valence-electron chi connectivity index (χ2n) is 5.44. The minimum atomic E-state index is -0.549. The lowest BCUT2D eigenvalue weighted by atomic mass is 9.76. The van der Waals surface area contributed by atoms with Gasteiger partial charge in [0.15, 0.2) is 0 Å². The van der Waals surface area contributed by atoms with E-state index < -0.39 is 5.41 Å². The molecular weight excluding hydrogens is 282 g/mol. The number of carbonyl (C=O) groups excluding carboxylic acids is 2. The molecule has 0 radical (unpaired) electrons. The standard InChI is InChI=1S/C17H21NO4/c1-3-9-17(16(20)21-2)10-12-18(13-11-17)22-15(19)14-7-5-4-6-8-14/h3-8H,1,9-13H2,2H3. The van der Waals surface area contributed by atoms with Crippen molar-refractivity contribution in [2.24, 2.45) is 5.41 Å². The number of hydrogen-bond acceptors (Lipinski definition) is 5. The van der Waals surface area contributed by atoms with E-state index in [4.69, 9.17) is 9.57 Å². The summed E-state index contributed by atoms with van der Waals surface area (Å²) in [6, 6.07) is 8.85. The van der Waals surface area contributed by atoms with Gasteiger partial charge in [0.2, 0.25) is 0 Å². The first-order chi connectivity index (χ1) is 10.6. The second-order valence-corrected chi connectivity index (χ2v) is 5.44. The fourth-order valence-corrected chi connectivity index (χ4v) is 2.73. The molecule has 0 aromatic heterocycles. The van der Waals surface area contributed by atoms with Crippen molar-refractivity contribution in [3.63, 3.8) is 0 Å². The van der Waals surface area contributed by atoms with Crippen molar-refractivity contribution in [3.05, 3.63) is 48.6 Å². The maximum Gasteiger partial charge on any atom is 0.357 e. The van der Waals surface area contributed by atoms with Crippen LogP contribution in [0.3, 0.4) is 0 Å². The highest BCUT2D eigenvalue weighted by Gasteiger charge is 2.42. The largest absolute Gasteiger partial charge is 0.469 e. The lowest BCUT2D eigenvalue weighted by Gasteiger charge is -2.37. The summed E-state index contributed by atoms with van der Waals surface area (Å²) in [5.41, 5.74) is -0.0370. The molecular formula is C17H21NO4. The Hall–Kier alpha value is -2.14. The molecule has 1 heterocycles. The van der Waals surface area contributed by atoms with Gasteiger partial charge in [-0.05, 0) is 31.4 Å². The van der Waals surface area contributed by atoms with Gasteiger partial charge in [0.05, 0.1) is 18.1 Å². The molecule has 2 rings (SSSR count). The third-order valence-electron chi connectivity index (χ3n) is 4.05. The van der Waals surface area contributed by atoms with Crippen LogP contribution in [0.5, 0.6) is 0 Å². The second kappa shape index (κ2) is 7.22. The molecule has 0 amide bonds. The van der Waals surface area contributed by atoms with Gasteiger partial charge in [0.1, 0.15) is 0 Å². The van der Waals surface area contributed by atoms with Gasteiger partial charge in [-0.15, -0.1) is 11.6 Å². The number of allylic oxidation sites excluding steroid dienone is 1. The monoisotopic (exact) mass is 303 g/mol. The molecule has 1 aromatic rings. The molecule has 5 heteroatoms. The summed E-state index contributed by atoms with van der Waals surface area (Å²) in [5.74, 6) is -0.601. The van der Waals surface area contributed by atoms with Crippen molar-refractivity contribution in [3.8, 4) is 0 Å². The molecule has 5 nitrogen and oxygen atoms in total. The quantitative estimate of drug-likeness (QED) is 0.618. The SMILES string of the molecule is C=CCC1(C(=O)OC)CCN(OC(=O)c2ccccc2)CC1. The minimum Gasteiger partial charge on any atom is -0.469 e. The van der Waals surface area contributed by atoms with Crippen LogP contribution in [-0.4, -0.2) is 37.2 Å². The number of piperidine rings is 1. The topological polar surface area (TPSA) is 55.8 Å². The molecule has 22 heavy (non-hydrogen) atoms. The first-order valence-corrected chi connectivity index (χ1v) is 7.33. The Morgan fingerprint density at radius 1 is 1.27 bits per heavy atom. The van der Waals surface area contributed by atoms with E-state index in [0.29, 0.717) is 37.9 Å². The molecule has 1 saturated heterocycles. The van der Waals surface area contributed by atoms with Gasteiger partial charge in [0.25, 0.3) is 0 Å². The summed E-state index contributed by atoms with van der Waals surface area (Å²) < 4.78 is 4.92. The Kier molecular flexibility index (Phi) is 5.33. The van der Waals surface area contributed by atoms with Crippen molar-refractivity contribution >= 4 is 11.9 Å². The predicted octanol–water partition coefficient (Wildman–Crippen LogP) is 2.59. The number of carbonyl (C=O) groups is 2. The van der Waals surface area contributed by atoms with Gasteiger partial charge < -0.3 is 9.57 Å². The normalized spacial score (nSPS) is 17.5. The Balaban J connectivity index is 1.95. The lowest BCUT2D eigenvalue weighted by Crippen LogP contribution is -2.45. The number of hydrogen-bond donors (Lipinski definition) is 0. The summed E-state index contributed by atoms with van der Waals surface area (Å²) in [6.07, 6.45) is 3.46. The number of ether oxygens (including phenoxy) is 1. The van der Waals surface area contributed by atoms with Crippen LogP contribution in [0, 0.1) is 5.41 Å². The molecule has 1 aliphatic rings. The van der Waals surface area contributed by atoms with Crippen molar-refractivity contribution in [1.29, 1.82) is 0 Å². The summed E-state index contributed by atoms with van der Waals surface area (Å²) in [4.78, 5) is 29.4. The first-order valence-electron chi connectivity index (χ1n) is 7.33. The maximum atomic E-state index is 12.0. The molecule has 1 aliphatic heterocycles. The van der Waals surface area contributed by atoms with Gasteiger partial charge in [0, 0.05) is 13.1 Å².